The molecule has 19 heavy (non-hydrogen) atoms. The molecule has 2 aliphatic rings. The van der Waals surface area contributed by atoms with Crippen LogP contribution in [0.3, 0.4) is 0 Å². The zero-order valence-electron chi connectivity index (χ0n) is 12.9. The van der Waals surface area contributed by atoms with Gasteiger partial charge in [0, 0.05) is 25.6 Å². The number of nitrogens with zero attached hydrogens (tertiary/aromatic N) is 1. The minimum Gasteiger partial charge on any atom is -0.341 e. The van der Waals surface area contributed by atoms with Gasteiger partial charge in [0.1, 0.15) is 0 Å². The van der Waals surface area contributed by atoms with Crippen LogP contribution < -0.4 is 5.32 Å². The van der Waals surface area contributed by atoms with E-state index in [0.29, 0.717) is 17.4 Å². The van der Waals surface area contributed by atoms with Gasteiger partial charge in [-0.15, -0.1) is 0 Å². The van der Waals surface area contributed by atoms with Crippen LogP contribution in [0.15, 0.2) is 0 Å². The lowest BCUT2D eigenvalue weighted by atomic mass is 9.85. The summed E-state index contributed by atoms with van der Waals surface area (Å²) < 4.78 is 0. The lowest BCUT2D eigenvalue weighted by Crippen LogP contribution is -2.45. The van der Waals surface area contributed by atoms with Crippen molar-refractivity contribution in [1.29, 1.82) is 0 Å². The molecule has 1 N–H and O–H groups in total. The second kappa shape index (κ2) is 6.25. The highest BCUT2D eigenvalue weighted by Crippen LogP contribution is 2.34. The largest absolute Gasteiger partial charge is 0.341 e. The Balaban J connectivity index is 1.89. The highest BCUT2D eigenvalue weighted by atomic mass is 16.2. The molecule has 1 atom stereocenters. The van der Waals surface area contributed by atoms with Crippen LogP contribution in [0.1, 0.15) is 59.3 Å². The predicted octanol–water partition coefficient (Wildman–Crippen LogP) is 2.80. The van der Waals surface area contributed by atoms with Gasteiger partial charge in [-0.2, -0.15) is 0 Å². The summed E-state index contributed by atoms with van der Waals surface area (Å²) >= 11 is 0. The number of likely N-dealkylation sites (tertiary alicyclic amines) is 1. The van der Waals surface area contributed by atoms with E-state index in [1.54, 1.807) is 0 Å². The van der Waals surface area contributed by atoms with E-state index in [0.717, 1.165) is 44.8 Å². The number of carbonyl (C=O) groups is 1. The van der Waals surface area contributed by atoms with Gasteiger partial charge in [-0.25, -0.2) is 0 Å². The van der Waals surface area contributed by atoms with Crippen LogP contribution in [0.25, 0.3) is 0 Å². The van der Waals surface area contributed by atoms with Crippen LogP contribution in [0, 0.1) is 11.3 Å². The first-order chi connectivity index (χ1) is 9.02. The van der Waals surface area contributed by atoms with E-state index in [4.69, 9.17) is 0 Å². The molecule has 1 saturated carbocycles. The van der Waals surface area contributed by atoms with Crippen molar-refractivity contribution in [3.8, 4) is 0 Å². The molecule has 0 aromatic rings. The molecular formula is C16H30N2O. The Morgan fingerprint density at radius 1 is 1.37 bits per heavy atom. The summed E-state index contributed by atoms with van der Waals surface area (Å²) in [6.45, 7) is 9.74. The fraction of sp³-hybridized carbons (Fsp3) is 0.938. The molecule has 0 aromatic heterocycles. The SMILES string of the molecule is CCCNC(CN1CCC(C)(C)CCC1=O)C1CC1. The van der Waals surface area contributed by atoms with Gasteiger partial charge in [0.2, 0.25) is 5.91 Å². The standard InChI is InChI=1S/C16H30N2O/c1-4-10-17-14(13-5-6-13)12-18-11-9-16(2,3)8-7-15(18)19/h13-14,17H,4-12H2,1-3H3. The molecule has 3 nitrogen and oxygen atoms in total. The minimum atomic E-state index is 0.330. The van der Waals surface area contributed by atoms with Crippen LogP contribution in [0.5, 0.6) is 0 Å². The summed E-state index contributed by atoms with van der Waals surface area (Å²) in [5.41, 5.74) is 0.330. The number of carbonyl (C=O) groups excluding carboxylic acids is 1. The van der Waals surface area contributed by atoms with E-state index in [9.17, 15) is 4.79 Å². The van der Waals surface area contributed by atoms with Crippen molar-refractivity contribution < 1.29 is 4.79 Å². The van der Waals surface area contributed by atoms with Gasteiger partial charge in [0.05, 0.1) is 0 Å². The molecule has 1 aliphatic heterocycles. The normalized spacial score (nSPS) is 25.2. The summed E-state index contributed by atoms with van der Waals surface area (Å²) in [7, 11) is 0. The zero-order valence-corrected chi connectivity index (χ0v) is 12.9. The highest BCUT2D eigenvalue weighted by Gasteiger charge is 2.34. The molecule has 0 bridgehead atoms. The number of hydrogen-bond acceptors (Lipinski definition) is 2. The monoisotopic (exact) mass is 266 g/mol. The first-order valence-electron chi connectivity index (χ1n) is 8.03. The second-order valence-electron chi connectivity index (χ2n) is 7.15. The number of rotatable bonds is 6. The fourth-order valence-corrected chi connectivity index (χ4v) is 2.93. The molecule has 1 heterocycles. The molecule has 2 fully saturated rings. The van der Waals surface area contributed by atoms with Crippen LogP contribution in [-0.2, 0) is 4.79 Å². The van der Waals surface area contributed by atoms with Crippen LogP contribution in [0.4, 0.5) is 0 Å². The highest BCUT2D eigenvalue weighted by molar-refractivity contribution is 5.76. The molecule has 1 unspecified atom stereocenters. The van der Waals surface area contributed by atoms with Gasteiger partial charge >= 0.3 is 0 Å². The molecular weight excluding hydrogens is 236 g/mol. The van der Waals surface area contributed by atoms with E-state index in [2.05, 4.69) is 31.0 Å². The maximum Gasteiger partial charge on any atom is 0.222 e. The average molecular weight is 266 g/mol. The summed E-state index contributed by atoms with van der Waals surface area (Å²) in [6.07, 6.45) is 6.77. The van der Waals surface area contributed by atoms with Gasteiger partial charge in [-0.1, -0.05) is 20.8 Å². The Morgan fingerprint density at radius 2 is 2.11 bits per heavy atom. The lowest BCUT2D eigenvalue weighted by Gasteiger charge is -2.28. The van der Waals surface area contributed by atoms with Gasteiger partial charge in [-0.05, 0) is 50.0 Å². The molecule has 2 rings (SSSR count). The first-order valence-corrected chi connectivity index (χ1v) is 8.03. The van der Waals surface area contributed by atoms with Crippen molar-refractivity contribution in [1.82, 2.24) is 10.2 Å². The maximum absolute atomic E-state index is 12.3. The Kier molecular flexibility index (Phi) is 4.88. The second-order valence-corrected chi connectivity index (χ2v) is 7.15. The van der Waals surface area contributed by atoms with Crippen molar-refractivity contribution >= 4 is 5.91 Å². The van der Waals surface area contributed by atoms with Crippen molar-refractivity contribution in [3.05, 3.63) is 0 Å². The van der Waals surface area contributed by atoms with E-state index < -0.39 is 0 Å². The number of amides is 1. The predicted molar refractivity (Wildman–Crippen MR) is 79.0 cm³/mol. The van der Waals surface area contributed by atoms with Gasteiger partial charge in [-0.3, -0.25) is 4.79 Å². The maximum atomic E-state index is 12.3. The lowest BCUT2D eigenvalue weighted by molar-refractivity contribution is -0.131. The molecule has 0 radical (unpaired) electrons. The van der Waals surface area contributed by atoms with Crippen LogP contribution in [-0.4, -0.2) is 36.5 Å². The zero-order chi connectivity index (χ0) is 13.9. The van der Waals surface area contributed by atoms with Crippen LogP contribution >= 0.6 is 0 Å². The topological polar surface area (TPSA) is 32.3 Å². The summed E-state index contributed by atoms with van der Waals surface area (Å²) in [5, 5.41) is 3.65. The molecule has 1 saturated heterocycles. The Morgan fingerprint density at radius 3 is 2.74 bits per heavy atom. The van der Waals surface area contributed by atoms with Crippen molar-refractivity contribution in [3.63, 3.8) is 0 Å². The van der Waals surface area contributed by atoms with Gasteiger partial charge in [0.15, 0.2) is 0 Å². The third-order valence-corrected chi connectivity index (χ3v) is 4.69. The number of hydrogen-bond donors (Lipinski definition) is 1. The van der Waals surface area contributed by atoms with Gasteiger partial charge < -0.3 is 10.2 Å². The smallest absolute Gasteiger partial charge is 0.222 e. The third kappa shape index (κ3) is 4.48. The van der Waals surface area contributed by atoms with E-state index in [1.807, 2.05) is 0 Å². The molecule has 0 spiro atoms. The molecule has 1 aliphatic carbocycles. The van der Waals surface area contributed by atoms with Crippen molar-refractivity contribution in [2.45, 2.75) is 65.3 Å². The summed E-state index contributed by atoms with van der Waals surface area (Å²) in [4.78, 5) is 14.4. The Labute approximate surface area is 118 Å². The quantitative estimate of drug-likeness (QED) is 0.802. The first kappa shape index (κ1) is 14.8. The van der Waals surface area contributed by atoms with E-state index >= 15 is 0 Å². The molecule has 3 heteroatoms. The molecule has 0 aromatic carbocycles. The van der Waals surface area contributed by atoms with E-state index in [1.165, 1.54) is 19.3 Å². The fourth-order valence-electron chi connectivity index (χ4n) is 2.93. The Bertz CT molecular complexity index is 310. The van der Waals surface area contributed by atoms with Crippen LogP contribution in [0.2, 0.25) is 0 Å². The third-order valence-electron chi connectivity index (χ3n) is 4.69. The van der Waals surface area contributed by atoms with Crippen molar-refractivity contribution in [2.75, 3.05) is 19.6 Å². The van der Waals surface area contributed by atoms with Gasteiger partial charge in [0.25, 0.3) is 0 Å². The number of nitrogens with one attached hydrogen (secondary N) is 1. The molecule has 1 amide bonds. The van der Waals surface area contributed by atoms with E-state index in [-0.39, 0.29) is 0 Å². The average Bonchev–Trinajstić information content (AvgIpc) is 3.19. The minimum absolute atomic E-state index is 0.330. The molecule has 110 valence electrons. The van der Waals surface area contributed by atoms with Crippen molar-refractivity contribution in [2.24, 2.45) is 11.3 Å². The summed E-state index contributed by atoms with van der Waals surface area (Å²) in [5.74, 6) is 1.19. The summed E-state index contributed by atoms with van der Waals surface area (Å²) in [6, 6.07) is 0.533. The Hall–Kier alpha value is -0.570.